The molecular weight excluding hydrogens is 367 g/mol. The molecule has 0 aromatic carbocycles. The summed E-state index contributed by atoms with van der Waals surface area (Å²) in [5.74, 6) is -3.54. The minimum atomic E-state index is -2.27. The van der Waals surface area contributed by atoms with E-state index in [9.17, 15) is 9.59 Å². The van der Waals surface area contributed by atoms with E-state index in [-0.39, 0.29) is 32.4 Å². The molecule has 2 unspecified atom stereocenters. The fourth-order valence-electron chi connectivity index (χ4n) is 0.270. The standard InChI is InChI=1S/C4H6O6.Bi.H3N.3H/c5-1(3(7)8)2(6)4(9)10;;;;;/h1-2,5-6H,(H,7,8)(H,9,10);;1H3;;;. The summed E-state index contributed by atoms with van der Waals surface area (Å²) in [6.07, 6.45) is -4.53. The first-order chi connectivity index (χ1) is 4.46. The molecule has 0 rings (SSSR count). The number of hydrogen-bond donors (Lipinski definition) is 5. The van der Waals surface area contributed by atoms with Gasteiger partial charge in [0.05, 0.1) is 0 Å². The van der Waals surface area contributed by atoms with Crippen LogP contribution in [0.1, 0.15) is 0 Å². The van der Waals surface area contributed by atoms with Crippen LogP contribution in [-0.4, -0.2) is 70.8 Å². The molecule has 0 heterocycles. The van der Waals surface area contributed by atoms with Crippen molar-refractivity contribution in [1.29, 1.82) is 0 Å². The third-order valence-electron chi connectivity index (χ3n) is 0.805. The Labute approximate surface area is 86.7 Å². The molecule has 7 N–H and O–H groups in total. The average Bonchev–Trinajstić information content (AvgIpc) is 1.84. The van der Waals surface area contributed by atoms with Gasteiger partial charge in [0.15, 0.2) is 12.2 Å². The molecule has 2 atom stereocenters. The molecule has 0 fully saturated rings. The van der Waals surface area contributed by atoms with E-state index in [0.717, 1.165) is 0 Å². The molecule has 7 nitrogen and oxygen atoms in total. The van der Waals surface area contributed by atoms with Crippen LogP contribution in [0.3, 0.4) is 0 Å². The van der Waals surface area contributed by atoms with Crippen LogP contribution in [0.2, 0.25) is 0 Å². The van der Waals surface area contributed by atoms with E-state index in [4.69, 9.17) is 20.4 Å². The quantitative estimate of drug-likeness (QED) is 0.325. The second-order valence-electron chi connectivity index (χ2n) is 1.57. The first-order valence-electron chi connectivity index (χ1n) is 2.28. The second kappa shape index (κ2) is 7.36. The zero-order valence-electron chi connectivity index (χ0n) is 6.17. The summed E-state index contributed by atoms with van der Waals surface area (Å²) < 4.78 is 0. The van der Waals surface area contributed by atoms with Crippen LogP contribution in [0.4, 0.5) is 0 Å². The zero-order chi connectivity index (χ0) is 8.31. The number of rotatable bonds is 3. The summed E-state index contributed by atoms with van der Waals surface area (Å²) in [7, 11) is 0. The third kappa shape index (κ3) is 5.37. The molecule has 0 aromatic heterocycles. The number of hydrogen-bond acceptors (Lipinski definition) is 5. The monoisotopic (exact) mass is 379 g/mol. The summed E-state index contributed by atoms with van der Waals surface area (Å²) in [4.78, 5) is 19.5. The summed E-state index contributed by atoms with van der Waals surface area (Å²) in [6, 6.07) is 0. The maximum absolute atomic E-state index is 9.77. The van der Waals surface area contributed by atoms with Crippen LogP contribution in [0, 0.1) is 0 Å². The summed E-state index contributed by atoms with van der Waals surface area (Å²) in [5, 5.41) is 32.5. The SMILES string of the molecule is N.O=C(O)C(O)C(O)C(=O)O.[BiH3]. The van der Waals surface area contributed by atoms with Crippen LogP contribution in [0.5, 0.6) is 0 Å². The first-order valence-corrected chi connectivity index (χ1v) is 2.28. The van der Waals surface area contributed by atoms with Crippen molar-refractivity contribution in [3.8, 4) is 0 Å². The topological polar surface area (TPSA) is 150 Å². The van der Waals surface area contributed by atoms with Crippen molar-refractivity contribution in [3.63, 3.8) is 0 Å². The van der Waals surface area contributed by atoms with Gasteiger partial charge in [0.25, 0.3) is 0 Å². The molecule has 0 saturated carbocycles. The van der Waals surface area contributed by atoms with Gasteiger partial charge in [-0.1, -0.05) is 0 Å². The molecule has 0 saturated heterocycles. The Bertz CT molecular complexity index is 144. The molecule has 0 bridgehead atoms. The maximum atomic E-state index is 9.77. The van der Waals surface area contributed by atoms with E-state index in [1.807, 2.05) is 0 Å². The number of aliphatic hydroxyl groups is 2. The van der Waals surface area contributed by atoms with Crippen molar-refractivity contribution in [2.45, 2.75) is 12.2 Å². The fourth-order valence-corrected chi connectivity index (χ4v) is 0.270. The van der Waals surface area contributed by atoms with Crippen LogP contribution >= 0.6 is 0 Å². The Morgan fingerprint density at radius 1 is 0.917 bits per heavy atom. The van der Waals surface area contributed by atoms with Crippen molar-refractivity contribution in [2.75, 3.05) is 0 Å². The number of aliphatic carboxylic acids is 2. The van der Waals surface area contributed by atoms with E-state index >= 15 is 0 Å². The van der Waals surface area contributed by atoms with E-state index in [1.165, 1.54) is 0 Å². The van der Waals surface area contributed by atoms with Gasteiger partial charge in [-0.3, -0.25) is 0 Å². The number of carbonyl (C=O) groups is 2. The van der Waals surface area contributed by atoms with Gasteiger partial charge in [-0.2, -0.15) is 0 Å². The summed E-state index contributed by atoms with van der Waals surface area (Å²) >= 11 is 0. The van der Waals surface area contributed by atoms with Gasteiger partial charge in [-0.15, -0.1) is 0 Å². The summed E-state index contributed by atoms with van der Waals surface area (Å²) in [5.41, 5.74) is 0. The Kier molecular flexibility index (Phi) is 10.9. The first kappa shape index (κ1) is 17.7. The molecule has 74 valence electrons. The molecule has 12 heavy (non-hydrogen) atoms. The van der Waals surface area contributed by atoms with Crippen LogP contribution in [-0.2, 0) is 9.59 Å². The molecule has 0 aliphatic rings. The molecule has 0 amide bonds. The van der Waals surface area contributed by atoms with E-state index in [0.29, 0.717) is 0 Å². The predicted octanol–water partition coefficient (Wildman–Crippen LogP) is -3.14. The van der Waals surface area contributed by atoms with Crippen LogP contribution < -0.4 is 6.15 Å². The fraction of sp³-hybridized carbons (Fsp3) is 0.500. The minimum absolute atomic E-state index is 0. The van der Waals surface area contributed by atoms with Gasteiger partial charge in [0.2, 0.25) is 0 Å². The predicted molar refractivity (Wildman–Crippen MR) is 42.2 cm³/mol. The Morgan fingerprint density at radius 3 is 1.17 bits per heavy atom. The molecule has 8 heteroatoms. The van der Waals surface area contributed by atoms with Gasteiger partial charge in [0.1, 0.15) is 0 Å². The Morgan fingerprint density at radius 2 is 1.08 bits per heavy atom. The molecule has 0 aliphatic carbocycles. The van der Waals surface area contributed by atoms with Gasteiger partial charge in [-0.05, 0) is 0 Å². The summed E-state index contributed by atoms with van der Waals surface area (Å²) in [6.45, 7) is 0. The van der Waals surface area contributed by atoms with Crippen molar-refractivity contribution < 1.29 is 30.0 Å². The zero-order valence-corrected chi connectivity index (χ0v) is 11.7. The van der Waals surface area contributed by atoms with E-state index < -0.39 is 24.1 Å². The molecule has 0 aromatic rings. The molecular formula is C4H12BiNO6. The van der Waals surface area contributed by atoms with Gasteiger partial charge in [-0.25, -0.2) is 9.59 Å². The second-order valence-corrected chi connectivity index (χ2v) is 1.57. The van der Waals surface area contributed by atoms with Crippen molar-refractivity contribution >= 4 is 38.1 Å². The number of carboxylic acids is 2. The number of carboxylic acid groups (broad SMARTS) is 2. The van der Waals surface area contributed by atoms with Crippen molar-refractivity contribution in [1.82, 2.24) is 6.15 Å². The van der Waals surface area contributed by atoms with Crippen molar-refractivity contribution in [2.24, 2.45) is 0 Å². The Hall–Kier alpha value is -0.297. The van der Waals surface area contributed by atoms with E-state index in [1.54, 1.807) is 0 Å². The van der Waals surface area contributed by atoms with Gasteiger partial charge < -0.3 is 26.6 Å². The average molecular weight is 379 g/mol. The van der Waals surface area contributed by atoms with Gasteiger partial charge in [0, 0.05) is 0 Å². The van der Waals surface area contributed by atoms with Crippen molar-refractivity contribution in [3.05, 3.63) is 0 Å². The van der Waals surface area contributed by atoms with Crippen LogP contribution in [0.25, 0.3) is 0 Å². The normalized spacial score (nSPS) is 13.2. The molecule has 0 radical (unpaired) electrons. The Balaban J connectivity index is -0.000000405. The molecule has 0 spiro atoms. The van der Waals surface area contributed by atoms with Crippen LogP contribution in [0.15, 0.2) is 0 Å². The van der Waals surface area contributed by atoms with E-state index in [2.05, 4.69) is 0 Å². The molecule has 0 aliphatic heterocycles. The third-order valence-corrected chi connectivity index (χ3v) is 0.805. The number of aliphatic hydroxyl groups excluding tert-OH is 2. The van der Waals surface area contributed by atoms with Gasteiger partial charge >= 0.3 is 38.1 Å².